The Balaban J connectivity index is 2.29. The van der Waals surface area contributed by atoms with Gasteiger partial charge in [-0.3, -0.25) is 10.1 Å². The molecular weight excluding hydrogens is 267 g/mol. The van der Waals surface area contributed by atoms with E-state index in [4.69, 9.17) is 5.11 Å². The average molecular weight is 282 g/mol. The van der Waals surface area contributed by atoms with Gasteiger partial charge in [0, 0.05) is 18.7 Å². The van der Waals surface area contributed by atoms with Gasteiger partial charge < -0.3 is 10.4 Å². The molecule has 1 aromatic rings. The number of carbonyl (C=O) groups is 1. The lowest BCUT2D eigenvalue weighted by Crippen LogP contribution is -2.16. The molecular formula is C13H15FN2O4. The number of halogens is 1. The number of nitro benzene ring substituents is 1. The number of hydrogen-bond acceptors (Lipinski definition) is 4. The molecule has 2 N–H and O–H groups in total. The average Bonchev–Trinajstić information content (AvgIpc) is 3.16. The van der Waals surface area contributed by atoms with Crippen molar-refractivity contribution < 1.29 is 19.2 Å². The zero-order chi connectivity index (χ0) is 14.9. The van der Waals surface area contributed by atoms with Crippen molar-refractivity contribution in [2.24, 2.45) is 5.41 Å². The van der Waals surface area contributed by atoms with Gasteiger partial charge >= 0.3 is 5.97 Å². The van der Waals surface area contributed by atoms with Crippen LogP contribution in [0.5, 0.6) is 0 Å². The van der Waals surface area contributed by atoms with E-state index in [2.05, 4.69) is 5.32 Å². The minimum Gasteiger partial charge on any atom is -0.478 e. The van der Waals surface area contributed by atoms with E-state index in [-0.39, 0.29) is 11.1 Å². The van der Waals surface area contributed by atoms with Crippen LogP contribution in [0.4, 0.5) is 15.8 Å². The maximum absolute atomic E-state index is 13.6. The van der Waals surface area contributed by atoms with Crippen LogP contribution in [0.3, 0.4) is 0 Å². The first-order valence-corrected chi connectivity index (χ1v) is 6.34. The maximum atomic E-state index is 13.6. The summed E-state index contributed by atoms with van der Waals surface area (Å²) < 4.78 is 13.6. The minimum absolute atomic E-state index is 0.0252. The van der Waals surface area contributed by atoms with Gasteiger partial charge in [-0.1, -0.05) is 6.92 Å². The molecule has 0 aromatic heterocycles. The summed E-state index contributed by atoms with van der Waals surface area (Å²) >= 11 is 0. The smallest absolute Gasteiger partial charge is 0.338 e. The fourth-order valence-corrected chi connectivity index (χ4v) is 2.13. The van der Waals surface area contributed by atoms with Crippen molar-refractivity contribution in [3.05, 3.63) is 33.6 Å². The largest absolute Gasteiger partial charge is 0.478 e. The molecule has 1 aliphatic rings. The van der Waals surface area contributed by atoms with Crippen LogP contribution < -0.4 is 5.32 Å². The van der Waals surface area contributed by atoms with Gasteiger partial charge in [0.05, 0.1) is 4.92 Å². The molecule has 0 radical (unpaired) electrons. The fourth-order valence-electron chi connectivity index (χ4n) is 2.13. The molecule has 6 nitrogen and oxygen atoms in total. The molecule has 0 aliphatic heterocycles. The second-order valence-corrected chi connectivity index (χ2v) is 5.12. The zero-order valence-electron chi connectivity index (χ0n) is 11.0. The fraction of sp³-hybridized carbons (Fsp3) is 0.462. The Kier molecular flexibility index (Phi) is 3.61. The molecule has 0 heterocycles. The van der Waals surface area contributed by atoms with Gasteiger partial charge in [0.25, 0.3) is 5.69 Å². The van der Waals surface area contributed by atoms with Crippen molar-refractivity contribution in [3.8, 4) is 0 Å². The van der Waals surface area contributed by atoms with Crippen LogP contribution >= 0.6 is 0 Å². The van der Waals surface area contributed by atoms with Gasteiger partial charge in [0.1, 0.15) is 17.1 Å². The number of aromatic carboxylic acids is 1. The van der Waals surface area contributed by atoms with Crippen LogP contribution in [0.2, 0.25) is 0 Å². The third-order valence-electron chi connectivity index (χ3n) is 3.87. The van der Waals surface area contributed by atoms with Gasteiger partial charge in [0.15, 0.2) is 0 Å². The molecule has 0 spiro atoms. The number of carboxylic acids is 1. The van der Waals surface area contributed by atoms with E-state index in [0.717, 1.165) is 31.4 Å². The van der Waals surface area contributed by atoms with Crippen LogP contribution in [0.25, 0.3) is 0 Å². The molecule has 108 valence electrons. The second-order valence-electron chi connectivity index (χ2n) is 5.12. The van der Waals surface area contributed by atoms with E-state index in [1.165, 1.54) is 0 Å². The zero-order valence-corrected chi connectivity index (χ0v) is 11.0. The van der Waals surface area contributed by atoms with Crippen molar-refractivity contribution in [2.75, 3.05) is 11.9 Å². The summed E-state index contributed by atoms with van der Waals surface area (Å²) in [5.74, 6) is -2.50. The number of nitrogens with one attached hydrogen (secondary N) is 1. The minimum atomic E-state index is -1.52. The van der Waals surface area contributed by atoms with Crippen molar-refractivity contribution in [1.29, 1.82) is 0 Å². The normalized spacial score (nSPS) is 15.7. The lowest BCUT2D eigenvalue weighted by molar-refractivity contribution is -0.384. The van der Waals surface area contributed by atoms with E-state index in [1.807, 2.05) is 6.92 Å². The molecule has 1 saturated carbocycles. The molecule has 1 fully saturated rings. The quantitative estimate of drug-likeness (QED) is 0.618. The molecule has 0 bridgehead atoms. The lowest BCUT2D eigenvalue weighted by Gasteiger charge is -2.15. The van der Waals surface area contributed by atoms with E-state index in [1.54, 1.807) is 0 Å². The van der Waals surface area contributed by atoms with Crippen LogP contribution in [0, 0.1) is 21.3 Å². The number of hydrogen-bond donors (Lipinski definition) is 2. The first-order valence-electron chi connectivity index (χ1n) is 6.34. The highest BCUT2D eigenvalue weighted by Gasteiger charge is 2.40. The highest BCUT2D eigenvalue weighted by molar-refractivity contribution is 5.90. The lowest BCUT2D eigenvalue weighted by atomic mass is 10.0. The monoisotopic (exact) mass is 282 g/mol. The van der Waals surface area contributed by atoms with Gasteiger partial charge in [-0.05, 0) is 24.7 Å². The van der Waals surface area contributed by atoms with Gasteiger partial charge in [-0.25, -0.2) is 9.18 Å². The molecule has 0 atom stereocenters. The van der Waals surface area contributed by atoms with Crippen molar-refractivity contribution in [3.63, 3.8) is 0 Å². The first kappa shape index (κ1) is 14.2. The molecule has 1 aliphatic carbocycles. The molecule has 1 aromatic carbocycles. The molecule has 0 unspecified atom stereocenters. The topological polar surface area (TPSA) is 92.5 Å². The number of nitrogens with zero attached hydrogens (tertiary/aromatic N) is 1. The Morgan fingerprint density at radius 3 is 2.65 bits per heavy atom. The number of nitro groups is 1. The molecule has 0 amide bonds. The summed E-state index contributed by atoms with van der Waals surface area (Å²) in [7, 11) is 0. The van der Waals surface area contributed by atoms with Crippen molar-refractivity contribution in [1.82, 2.24) is 0 Å². The summed E-state index contributed by atoms with van der Waals surface area (Å²) in [4.78, 5) is 21.1. The van der Waals surface area contributed by atoms with E-state index < -0.39 is 28.0 Å². The summed E-state index contributed by atoms with van der Waals surface area (Å²) in [6.07, 6.45) is 3.03. The Bertz CT molecular complexity index is 570. The highest BCUT2D eigenvalue weighted by atomic mass is 19.1. The molecule has 2 rings (SSSR count). The number of benzene rings is 1. The summed E-state index contributed by atoms with van der Waals surface area (Å²) in [5.41, 5.74) is -0.956. The van der Waals surface area contributed by atoms with Gasteiger partial charge in [-0.2, -0.15) is 0 Å². The van der Waals surface area contributed by atoms with Crippen LogP contribution in [-0.2, 0) is 0 Å². The second kappa shape index (κ2) is 5.07. The van der Waals surface area contributed by atoms with Crippen molar-refractivity contribution >= 4 is 17.3 Å². The van der Waals surface area contributed by atoms with Crippen LogP contribution in [0.1, 0.15) is 36.5 Å². The van der Waals surface area contributed by atoms with Crippen LogP contribution in [-0.4, -0.2) is 22.5 Å². The summed E-state index contributed by atoms with van der Waals surface area (Å²) in [6.45, 7) is 2.56. The third kappa shape index (κ3) is 2.71. The molecule has 0 saturated heterocycles. The van der Waals surface area contributed by atoms with E-state index >= 15 is 0 Å². The molecule has 20 heavy (non-hydrogen) atoms. The van der Waals surface area contributed by atoms with Crippen LogP contribution in [0.15, 0.2) is 12.1 Å². The van der Waals surface area contributed by atoms with E-state index in [9.17, 15) is 19.3 Å². The maximum Gasteiger partial charge on any atom is 0.338 e. The predicted molar refractivity (Wildman–Crippen MR) is 70.5 cm³/mol. The number of anilines is 1. The highest BCUT2D eigenvalue weighted by Crippen LogP contribution is 2.48. The van der Waals surface area contributed by atoms with Gasteiger partial charge in [0.2, 0.25) is 0 Å². The SMILES string of the molecule is CCC1(CNc2cc(F)c(C(=O)O)cc2[N+](=O)[O-])CC1. The molecule has 7 heteroatoms. The summed E-state index contributed by atoms with van der Waals surface area (Å²) in [6, 6.07) is 1.64. The number of rotatable bonds is 6. The summed E-state index contributed by atoms with van der Waals surface area (Å²) in [5, 5.41) is 22.6. The Labute approximate surface area is 114 Å². The Morgan fingerprint density at radius 1 is 1.55 bits per heavy atom. The standard InChI is InChI=1S/C13H15FN2O4/c1-2-13(3-4-13)7-15-10-6-9(14)8(12(17)18)5-11(10)16(19)20/h5-6,15H,2-4,7H2,1H3,(H,17,18). The Morgan fingerprint density at radius 2 is 2.20 bits per heavy atom. The first-order chi connectivity index (χ1) is 9.38. The van der Waals surface area contributed by atoms with Crippen molar-refractivity contribution in [2.45, 2.75) is 26.2 Å². The Hall–Kier alpha value is -2.18. The third-order valence-corrected chi connectivity index (χ3v) is 3.87. The predicted octanol–water partition coefficient (Wildman–Crippen LogP) is 3.03. The number of carboxylic acid groups (broad SMARTS) is 1. The van der Waals surface area contributed by atoms with E-state index in [0.29, 0.717) is 6.54 Å². The van der Waals surface area contributed by atoms with Gasteiger partial charge in [-0.15, -0.1) is 0 Å².